The minimum absolute atomic E-state index is 0.0349. The van der Waals surface area contributed by atoms with E-state index in [9.17, 15) is 4.79 Å². The fourth-order valence-electron chi connectivity index (χ4n) is 0.795. The lowest BCUT2D eigenvalue weighted by Crippen LogP contribution is -2.03. The Kier molecular flexibility index (Phi) is 1.37. The normalized spacial score (nSPS) is 14.6. The average Bonchev–Trinajstić information content (AvgIpc) is 2.06. The Morgan fingerprint density at radius 1 is 1.75 bits per heavy atom. The van der Waals surface area contributed by atoms with Crippen LogP contribution in [0.1, 0.15) is 20.0 Å². The molecule has 0 fully saturated rings. The summed E-state index contributed by atoms with van der Waals surface area (Å²) in [4.78, 5) is 10.7. The first-order valence-electron chi connectivity index (χ1n) is 4.56. The van der Waals surface area contributed by atoms with E-state index >= 15 is 0 Å². The summed E-state index contributed by atoms with van der Waals surface area (Å²) in [6.45, 7) is -2.47. The van der Waals surface area contributed by atoms with Crippen LogP contribution in [0.15, 0.2) is 12.1 Å². The first-order valence-corrected chi connectivity index (χ1v) is 3.44. The summed E-state index contributed by atoms with van der Waals surface area (Å²) in [5.41, 5.74) is 4.63. The molecule has 64 valence electrons. The molecule has 0 bridgehead atoms. The number of carboxylic acid groups (broad SMARTS) is 1. The summed E-state index contributed by atoms with van der Waals surface area (Å²) < 4.78 is 21.4. The van der Waals surface area contributed by atoms with Crippen LogP contribution in [0.25, 0.3) is 0 Å². The van der Waals surface area contributed by atoms with Crippen LogP contribution in [0.3, 0.4) is 0 Å². The van der Waals surface area contributed by atoms with E-state index in [2.05, 4.69) is 0 Å². The van der Waals surface area contributed by atoms with Gasteiger partial charge in [-0.3, -0.25) is 0 Å². The van der Waals surface area contributed by atoms with E-state index < -0.39 is 12.8 Å². The molecule has 0 aliphatic rings. The van der Waals surface area contributed by atoms with E-state index in [1.165, 1.54) is 0 Å². The molecule has 0 unspecified atom stereocenters. The zero-order valence-corrected chi connectivity index (χ0v) is 6.72. The number of aryl methyl sites for hydroxylation is 1. The number of aromatic carboxylic acids is 1. The minimum Gasteiger partial charge on any atom is -0.478 e. The molecule has 0 aliphatic heterocycles. The molecule has 0 aliphatic carbocycles. The highest BCUT2D eigenvalue weighted by atomic mass is 35.5. The van der Waals surface area contributed by atoms with E-state index in [1.807, 2.05) is 0 Å². The summed E-state index contributed by atoms with van der Waals surface area (Å²) in [5, 5.41) is 8.79. The minimum atomic E-state index is -2.47. The molecule has 0 spiro atoms. The first-order chi connectivity index (χ1) is 6.73. The van der Waals surface area contributed by atoms with Crippen LogP contribution >= 0.6 is 11.6 Å². The number of anilines is 1. The number of hydrogen-bond acceptors (Lipinski definition) is 2. The molecule has 12 heavy (non-hydrogen) atoms. The van der Waals surface area contributed by atoms with Gasteiger partial charge in [-0.15, -0.1) is 0 Å². The Morgan fingerprint density at radius 3 is 2.92 bits per heavy atom. The molecule has 3 nitrogen and oxygen atoms in total. The van der Waals surface area contributed by atoms with Gasteiger partial charge in [-0.25, -0.2) is 4.79 Å². The van der Waals surface area contributed by atoms with Gasteiger partial charge in [0.05, 0.1) is 5.56 Å². The monoisotopic (exact) mass is 188 g/mol. The van der Waals surface area contributed by atoms with Gasteiger partial charge < -0.3 is 10.8 Å². The van der Waals surface area contributed by atoms with Gasteiger partial charge in [0.15, 0.2) is 0 Å². The number of nitrogen functional groups attached to an aromatic ring is 1. The van der Waals surface area contributed by atoms with Crippen molar-refractivity contribution in [2.75, 3.05) is 5.73 Å². The summed E-state index contributed by atoms with van der Waals surface area (Å²) in [6.07, 6.45) is 0. The Hall–Kier alpha value is -1.22. The first kappa shape index (κ1) is 5.43. The Bertz CT molecular complexity index is 417. The smallest absolute Gasteiger partial charge is 0.337 e. The second-order valence-corrected chi connectivity index (χ2v) is 2.66. The number of carbonyl (C=O) groups is 1. The lowest BCUT2D eigenvalue weighted by atomic mass is 10.1. The Morgan fingerprint density at radius 2 is 2.42 bits per heavy atom. The molecule has 4 heteroatoms. The van der Waals surface area contributed by atoms with E-state index in [-0.39, 0.29) is 21.8 Å². The second kappa shape index (κ2) is 3.03. The van der Waals surface area contributed by atoms with Gasteiger partial charge in [0.1, 0.15) is 0 Å². The van der Waals surface area contributed by atoms with Crippen molar-refractivity contribution in [1.82, 2.24) is 0 Å². The van der Waals surface area contributed by atoms with Gasteiger partial charge in [-0.2, -0.15) is 0 Å². The van der Waals surface area contributed by atoms with Crippen molar-refractivity contribution in [3.8, 4) is 0 Å². The van der Waals surface area contributed by atoms with E-state index in [0.29, 0.717) is 0 Å². The van der Waals surface area contributed by atoms with Gasteiger partial charge in [0.2, 0.25) is 0 Å². The molecule has 1 aromatic rings. The van der Waals surface area contributed by atoms with E-state index in [1.54, 1.807) is 0 Å². The molecule has 0 aromatic heterocycles. The third kappa shape index (κ3) is 1.51. The maximum atomic E-state index is 10.7. The maximum Gasteiger partial charge on any atom is 0.337 e. The lowest BCUT2D eigenvalue weighted by Gasteiger charge is -2.04. The van der Waals surface area contributed by atoms with Gasteiger partial charge in [-0.05, 0) is 24.5 Å². The van der Waals surface area contributed by atoms with Crippen molar-refractivity contribution in [3.63, 3.8) is 0 Å². The predicted molar refractivity (Wildman–Crippen MR) is 47.6 cm³/mol. The Labute approximate surface area is 79.0 Å². The van der Waals surface area contributed by atoms with Crippen molar-refractivity contribution in [2.24, 2.45) is 0 Å². The van der Waals surface area contributed by atoms with E-state index in [4.69, 9.17) is 26.6 Å². The number of halogens is 1. The van der Waals surface area contributed by atoms with E-state index in [0.717, 1.165) is 12.1 Å². The van der Waals surface area contributed by atoms with Crippen LogP contribution < -0.4 is 5.73 Å². The molecule has 1 aromatic carbocycles. The highest BCUT2D eigenvalue weighted by Gasteiger charge is 2.10. The van der Waals surface area contributed by atoms with Crippen molar-refractivity contribution < 1.29 is 14.0 Å². The zero-order valence-electron chi connectivity index (χ0n) is 8.97. The van der Waals surface area contributed by atoms with Crippen LogP contribution in [0.4, 0.5) is 5.69 Å². The number of nitrogens with two attached hydrogens (primary N) is 1. The SMILES string of the molecule is [2H]C([2H])([2H])c1cc(Cl)cc(C(=O)O)c1N. The topological polar surface area (TPSA) is 63.3 Å². The third-order valence-electron chi connectivity index (χ3n) is 1.38. The number of hydrogen-bond donors (Lipinski definition) is 2. The van der Waals surface area contributed by atoms with Gasteiger partial charge in [-0.1, -0.05) is 11.6 Å². The lowest BCUT2D eigenvalue weighted by molar-refractivity contribution is 0.0698. The van der Waals surface area contributed by atoms with Crippen molar-refractivity contribution in [1.29, 1.82) is 0 Å². The molecular formula is C8H8ClNO2. The highest BCUT2D eigenvalue weighted by Crippen LogP contribution is 2.22. The van der Waals surface area contributed by atoms with Crippen LogP contribution in [-0.2, 0) is 0 Å². The fourth-order valence-corrected chi connectivity index (χ4v) is 1.01. The molecular weight excluding hydrogens is 178 g/mol. The highest BCUT2D eigenvalue weighted by molar-refractivity contribution is 6.31. The van der Waals surface area contributed by atoms with Crippen LogP contribution in [0.5, 0.6) is 0 Å². The predicted octanol–water partition coefficient (Wildman–Crippen LogP) is 1.93. The molecule has 0 saturated carbocycles. The van der Waals surface area contributed by atoms with Gasteiger partial charge in [0, 0.05) is 14.8 Å². The van der Waals surface area contributed by atoms with Crippen molar-refractivity contribution in [3.05, 3.63) is 28.3 Å². The number of benzene rings is 1. The van der Waals surface area contributed by atoms with Crippen LogP contribution in [-0.4, -0.2) is 11.1 Å². The van der Waals surface area contributed by atoms with Crippen molar-refractivity contribution >= 4 is 23.3 Å². The summed E-state index contributed by atoms with van der Waals surface area (Å²) in [5.74, 6) is -1.31. The second-order valence-electron chi connectivity index (χ2n) is 2.22. The molecule has 3 N–H and O–H groups in total. The largest absolute Gasteiger partial charge is 0.478 e. The molecule has 0 radical (unpaired) electrons. The quantitative estimate of drug-likeness (QED) is 0.662. The van der Waals surface area contributed by atoms with Gasteiger partial charge in [0.25, 0.3) is 0 Å². The zero-order chi connectivity index (χ0) is 11.8. The number of rotatable bonds is 1. The maximum absolute atomic E-state index is 10.7. The summed E-state index contributed by atoms with van der Waals surface area (Å²) >= 11 is 5.60. The molecule has 1 rings (SSSR count). The summed E-state index contributed by atoms with van der Waals surface area (Å²) in [7, 11) is 0. The third-order valence-corrected chi connectivity index (χ3v) is 1.59. The van der Waals surface area contributed by atoms with Crippen molar-refractivity contribution in [2.45, 2.75) is 6.85 Å². The Balaban J connectivity index is 3.49. The number of carboxylic acids is 1. The van der Waals surface area contributed by atoms with Crippen LogP contribution in [0.2, 0.25) is 5.02 Å². The molecule has 0 amide bonds. The standard InChI is InChI=1S/C8H8ClNO2/c1-4-2-5(9)3-6(7(4)10)8(11)12/h2-3H,10H2,1H3,(H,11,12)/i1D3. The fraction of sp³-hybridized carbons (Fsp3) is 0.125. The molecule has 0 heterocycles. The summed E-state index contributed by atoms with van der Waals surface area (Å²) in [6, 6.07) is 2.27. The average molecular weight is 189 g/mol. The molecule has 0 atom stereocenters. The van der Waals surface area contributed by atoms with Crippen LogP contribution in [0, 0.1) is 6.85 Å². The molecule has 0 saturated heterocycles. The van der Waals surface area contributed by atoms with Gasteiger partial charge >= 0.3 is 5.97 Å².